The van der Waals surface area contributed by atoms with Crippen LogP contribution in [0.15, 0.2) is 0 Å². The van der Waals surface area contributed by atoms with E-state index in [2.05, 4.69) is 27.7 Å². The molecule has 0 N–H and O–H groups in total. The number of hydrogen-bond acceptors (Lipinski definition) is 6. The summed E-state index contributed by atoms with van der Waals surface area (Å²) in [5.74, 6) is 0.253. The third kappa shape index (κ3) is 23.3. The smallest absolute Gasteiger partial charge is 0.306 e. The molecule has 0 saturated carbocycles. The Bertz CT molecular complexity index is 550. The Morgan fingerprint density at radius 1 is 0.622 bits per heavy atom. The molecule has 0 fully saturated rings. The van der Waals surface area contributed by atoms with E-state index in [1.165, 1.54) is 12.8 Å². The van der Waals surface area contributed by atoms with Crippen molar-refractivity contribution in [1.29, 1.82) is 0 Å². The zero-order chi connectivity index (χ0) is 27.6. The van der Waals surface area contributed by atoms with Crippen LogP contribution >= 0.6 is 0 Å². The number of carbonyl (C=O) groups excluding carboxylic acids is 3. The summed E-state index contributed by atoms with van der Waals surface area (Å²) in [4.78, 5) is 35.2. The zero-order valence-corrected chi connectivity index (χ0v) is 24.6. The molecule has 6 nitrogen and oxygen atoms in total. The molecule has 0 aliphatic heterocycles. The molecular weight excluding hydrogens is 468 g/mol. The zero-order valence-electron chi connectivity index (χ0n) is 24.6. The van der Waals surface area contributed by atoms with Crippen molar-refractivity contribution >= 4 is 18.4 Å². The Hall–Kier alpha value is -1.59. The van der Waals surface area contributed by atoms with Crippen LogP contribution in [0.2, 0.25) is 0 Å². The summed E-state index contributed by atoms with van der Waals surface area (Å²) < 4.78 is 16.5. The highest BCUT2D eigenvalue weighted by Gasteiger charge is 2.18. The van der Waals surface area contributed by atoms with Crippen LogP contribution < -0.4 is 0 Å². The van der Waals surface area contributed by atoms with Crippen LogP contribution in [0.5, 0.6) is 0 Å². The number of carbonyl (C=O) groups is 3. The fourth-order valence-electron chi connectivity index (χ4n) is 4.61. The summed E-state index contributed by atoms with van der Waals surface area (Å²) in [6.45, 7) is 9.66. The van der Waals surface area contributed by atoms with Crippen LogP contribution in [0.25, 0.3) is 0 Å². The lowest BCUT2D eigenvalue weighted by Gasteiger charge is -2.21. The van der Waals surface area contributed by atoms with Gasteiger partial charge in [-0.2, -0.15) is 0 Å². The molecule has 0 aliphatic rings. The highest BCUT2D eigenvalue weighted by Crippen LogP contribution is 2.20. The maximum Gasteiger partial charge on any atom is 0.306 e. The van der Waals surface area contributed by atoms with Gasteiger partial charge in [-0.25, -0.2) is 0 Å². The molecule has 3 unspecified atom stereocenters. The van der Waals surface area contributed by atoms with E-state index >= 15 is 0 Å². The predicted octanol–water partition coefficient (Wildman–Crippen LogP) is 8.48. The summed E-state index contributed by atoms with van der Waals surface area (Å²) >= 11 is 0. The van der Waals surface area contributed by atoms with E-state index in [0.29, 0.717) is 31.8 Å². The summed E-state index contributed by atoms with van der Waals surface area (Å²) in [6.07, 6.45) is 18.7. The van der Waals surface area contributed by atoms with E-state index in [-0.39, 0.29) is 24.1 Å². The van der Waals surface area contributed by atoms with Crippen LogP contribution in [0, 0.1) is 5.92 Å². The van der Waals surface area contributed by atoms with Crippen molar-refractivity contribution < 1.29 is 28.6 Å². The van der Waals surface area contributed by atoms with Crippen LogP contribution in [0.3, 0.4) is 0 Å². The van der Waals surface area contributed by atoms with Gasteiger partial charge in [-0.15, -0.1) is 0 Å². The molecule has 0 saturated heterocycles. The molecule has 3 atom stereocenters. The van der Waals surface area contributed by atoms with Crippen LogP contribution in [-0.4, -0.2) is 37.2 Å². The van der Waals surface area contributed by atoms with Gasteiger partial charge < -0.3 is 14.2 Å². The topological polar surface area (TPSA) is 78.9 Å². The van der Waals surface area contributed by atoms with Crippen molar-refractivity contribution in [3.63, 3.8) is 0 Å². The molecule has 37 heavy (non-hydrogen) atoms. The van der Waals surface area contributed by atoms with Gasteiger partial charge in [0.25, 0.3) is 6.47 Å². The van der Waals surface area contributed by atoms with Gasteiger partial charge in [0.05, 0.1) is 6.61 Å². The number of hydrogen-bond donors (Lipinski definition) is 0. The third-order valence-corrected chi connectivity index (χ3v) is 6.94. The first-order valence-corrected chi connectivity index (χ1v) is 15.4. The van der Waals surface area contributed by atoms with Crippen molar-refractivity contribution in [3.05, 3.63) is 0 Å². The van der Waals surface area contributed by atoms with Crippen LogP contribution in [-0.2, 0) is 28.6 Å². The van der Waals surface area contributed by atoms with Gasteiger partial charge in [0.15, 0.2) is 0 Å². The Labute approximate surface area is 228 Å². The number of esters is 2. The summed E-state index contributed by atoms with van der Waals surface area (Å²) in [5.41, 5.74) is 0. The molecule has 0 aliphatic carbocycles. The van der Waals surface area contributed by atoms with Gasteiger partial charge in [0.2, 0.25) is 0 Å². The van der Waals surface area contributed by atoms with Gasteiger partial charge in [-0.3, -0.25) is 14.4 Å². The average Bonchev–Trinajstić information content (AvgIpc) is 2.87. The largest absolute Gasteiger partial charge is 0.465 e. The quantitative estimate of drug-likeness (QED) is 0.0462. The van der Waals surface area contributed by atoms with E-state index < -0.39 is 0 Å². The Kier molecular flexibility index (Phi) is 24.9. The Balaban J connectivity index is 4.24. The van der Waals surface area contributed by atoms with Crippen molar-refractivity contribution in [2.24, 2.45) is 5.92 Å². The standard InChI is InChI=1S/C31H58O6/c1-5-8-10-15-20-29(37-31(34)22-14-9-6-2)24-23-28(36-26-32)19-16-12-11-13-17-21-30(33)35-25-27(4)18-7-3/h26-29H,5-25H2,1-4H3. The van der Waals surface area contributed by atoms with E-state index in [1.807, 2.05) is 0 Å². The number of unbranched alkanes of at least 4 members (excludes halogenated alkanes) is 9. The van der Waals surface area contributed by atoms with E-state index in [1.54, 1.807) is 0 Å². The first-order chi connectivity index (χ1) is 18.0. The predicted molar refractivity (Wildman–Crippen MR) is 150 cm³/mol. The highest BCUT2D eigenvalue weighted by molar-refractivity contribution is 5.69. The van der Waals surface area contributed by atoms with E-state index in [9.17, 15) is 14.4 Å². The second-order valence-corrected chi connectivity index (χ2v) is 10.7. The average molecular weight is 527 g/mol. The highest BCUT2D eigenvalue weighted by atomic mass is 16.5. The molecule has 0 rings (SSSR count). The van der Waals surface area contributed by atoms with Crippen LogP contribution in [0.1, 0.15) is 156 Å². The Morgan fingerprint density at radius 2 is 1.16 bits per heavy atom. The van der Waals surface area contributed by atoms with Gasteiger partial charge in [-0.05, 0) is 63.7 Å². The first-order valence-electron chi connectivity index (χ1n) is 15.4. The molecule has 0 aromatic carbocycles. The summed E-state index contributed by atoms with van der Waals surface area (Å²) in [7, 11) is 0. The lowest BCUT2D eigenvalue weighted by molar-refractivity contribution is -0.151. The molecule has 0 heterocycles. The van der Waals surface area contributed by atoms with E-state index in [0.717, 1.165) is 103 Å². The summed E-state index contributed by atoms with van der Waals surface area (Å²) in [5, 5.41) is 0. The number of ether oxygens (including phenoxy) is 3. The normalized spacial score (nSPS) is 13.5. The van der Waals surface area contributed by atoms with Crippen molar-refractivity contribution in [2.75, 3.05) is 6.61 Å². The molecular formula is C31H58O6. The lowest BCUT2D eigenvalue weighted by atomic mass is 10.00. The molecule has 0 aromatic heterocycles. The van der Waals surface area contributed by atoms with Gasteiger partial charge in [-0.1, -0.05) is 85.5 Å². The van der Waals surface area contributed by atoms with Crippen molar-refractivity contribution in [1.82, 2.24) is 0 Å². The number of rotatable bonds is 27. The molecule has 0 aromatic rings. The van der Waals surface area contributed by atoms with E-state index in [4.69, 9.17) is 14.2 Å². The Morgan fingerprint density at radius 3 is 1.84 bits per heavy atom. The third-order valence-electron chi connectivity index (χ3n) is 6.94. The van der Waals surface area contributed by atoms with Crippen molar-refractivity contribution in [3.8, 4) is 0 Å². The minimum Gasteiger partial charge on any atom is -0.465 e. The molecule has 0 bridgehead atoms. The molecule has 0 radical (unpaired) electrons. The maximum absolute atomic E-state index is 12.3. The second-order valence-electron chi connectivity index (χ2n) is 10.7. The summed E-state index contributed by atoms with van der Waals surface area (Å²) in [6, 6.07) is 0. The van der Waals surface area contributed by atoms with Gasteiger partial charge in [0.1, 0.15) is 12.2 Å². The van der Waals surface area contributed by atoms with Crippen molar-refractivity contribution in [2.45, 2.75) is 168 Å². The minimum absolute atomic E-state index is 0.0855. The lowest BCUT2D eigenvalue weighted by Crippen LogP contribution is -2.22. The fourth-order valence-corrected chi connectivity index (χ4v) is 4.61. The maximum atomic E-state index is 12.3. The first kappa shape index (κ1) is 35.4. The van der Waals surface area contributed by atoms with Gasteiger partial charge in [0, 0.05) is 12.8 Å². The molecule has 0 amide bonds. The molecule has 0 spiro atoms. The second kappa shape index (κ2) is 26.0. The molecule has 6 heteroatoms. The minimum atomic E-state index is -0.130. The molecule has 218 valence electrons. The van der Waals surface area contributed by atoms with Crippen LogP contribution in [0.4, 0.5) is 0 Å². The fraction of sp³-hybridized carbons (Fsp3) is 0.903. The SMILES string of the molecule is CCCCCCC(CCC(CCCCCCCC(=O)OCC(C)CCC)OC=O)OC(=O)CCCCC. The monoisotopic (exact) mass is 526 g/mol. The van der Waals surface area contributed by atoms with Gasteiger partial charge >= 0.3 is 11.9 Å².